The van der Waals surface area contributed by atoms with Crippen molar-refractivity contribution in [3.8, 4) is 0 Å². The maximum atomic E-state index is 11.9. The van der Waals surface area contributed by atoms with Gasteiger partial charge in [0.15, 0.2) is 11.4 Å². The van der Waals surface area contributed by atoms with E-state index in [0.29, 0.717) is 26.3 Å². The summed E-state index contributed by atoms with van der Waals surface area (Å²) in [5.74, 6) is -0.875. The topological polar surface area (TPSA) is 101 Å². The van der Waals surface area contributed by atoms with Crippen molar-refractivity contribution in [1.29, 1.82) is 0 Å². The molecule has 0 saturated carbocycles. The highest BCUT2D eigenvalue weighted by Gasteiger charge is 2.15. The average Bonchev–Trinajstić information content (AvgIpc) is 3.26. The van der Waals surface area contributed by atoms with Gasteiger partial charge >= 0.3 is 11.9 Å². The third-order valence-corrected chi connectivity index (χ3v) is 4.42. The van der Waals surface area contributed by atoms with Crippen LogP contribution in [0, 0.1) is 13.8 Å². The van der Waals surface area contributed by atoms with E-state index in [1.165, 1.54) is 0 Å². The number of hydrogen-bond acceptors (Lipinski definition) is 7. The number of pyridine rings is 1. The van der Waals surface area contributed by atoms with Crippen molar-refractivity contribution in [2.75, 3.05) is 13.2 Å². The Kier molecular flexibility index (Phi) is 6.61. The summed E-state index contributed by atoms with van der Waals surface area (Å²) < 4.78 is 13.4. The number of carbonyl (C=O) groups excluding carboxylic acids is 2. The van der Waals surface area contributed by atoms with Crippen molar-refractivity contribution in [3.63, 3.8) is 0 Å². The van der Waals surface area contributed by atoms with Gasteiger partial charge in [0, 0.05) is 11.4 Å². The van der Waals surface area contributed by atoms with E-state index >= 15 is 0 Å². The first-order valence-electron chi connectivity index (χ1n) is 9.79. The van der Waals surface area contributed by atoms with Gasteiger partial charge in [-0.2, -0.15) is 10.2 Å². The van der Waals surface area contributed by atoms with Crippen molar-refractivity contribution >= 4 is 11.9 Å². The van der Waals surface area contributed by atoms with Crippen LogP contribution in [0.15, 0.2) is 30.3 Å². The summed E-state index contributed by atoms with van der Waals surface area (Å²) in [7, 11) is 0. The van der Waals surface area contributed by atoms with Crippen LogP contribution >= 0.6 is 0 Å². The quantitative estimate of drug-likeness (QED) is 0.525. The first-order valence-corrected chi connectivity index (χ1v) is 9.79. The van der Waals surface area contributed by atoms with Crippen LogP contribution < -0.4 is 0 Å². The lowest BCUT2D eigenvalue weighted by Crippen LogP contribution is -2.11. The number of hydrogen-bond donors (Lipinski definition) is 0. The Balaban J connectivity index is 1.75. The van der Waals surface area contributed by atoms with E-state index in [4.69, 9.17) is 9.47 Å². The van der Waals surface area contributed by atoms with Crippen LogP contribution in [0.25, 0.3) is 0 Å². The first-order chi connectivity index (χ1) is 14.4. The van der Waals surface area contributed by atoms with E-state index < -0.39 is 11.9 Å². The van der Waals surface area contributed by atoms with Crippen LogP contribution in [-0.2, 0) is 22.6 Å². The predicted molar refractivity (Wildman–Crippen MR) is 108 cm³/mol. The van der Waals surface area contributed by atoms with Crippen LogP contribution in [0.1, 0.15) is 57.6 Å². The van der Waals surface area contributed by atoms with E-state index in [9.17, 15) is 9.59 Å². The molecule has 0 radical (unpaired) electrons. The molecule has 0 aromatic carbocycles. The minimum Gasteiger partial charge on any atom is -0.461 e. The lowest BCUT2D eigenvalue weighted by atomic mass is 10.3. The monoisotopic (exact) mass is 411 g/mol. The third-order valence-electron chi connectivity index (χ3n) is 4.42. The molecule has 0 unspecified atom stereocenters. The predicted octanol–water partition coefficient (Wildman–Crippen LogP) is 2.54. The fourth-order valence-electron chi connectivity index (χ4n) is 2.96. The number of aromatic nitrogens is 5. The summed E-state index contributed by atoms with van der Waals surface area (Å²) in [4.78, 5) is 28.4. The van der Waals surface area contributed by atoms with Gasteiger partial charge in [-0.1, -0.05) is 6.07 Å². The van der Waals surface area contributed by atoms with Crippen LogP contribution in [0.5, 0.6) is 0 Å². The highest BCUT2D eigenvalue weighted by Crippen LogP contribution is 2.11. The van der Waals surface area contributed by atoms with E-state index in [2.05, 4.69) is 15.2 Å². The molecule has 3 aromatic heterocycles. The summed E-state index contributed by atoms with van der Waals surface area (Å²) in [6, 6.07) is 9.11. The Bertz CT molecular complexity index is 974. The molecule has 0 aliphatic rings. The molecule has 0 fully saturated rings. The minimum atomic E-state index is -0.437. The normalized spacial score (nSPS) is 10.8. The Labute approximate surface area is 174 Å². The van der Waals surface area contributed by atoms with Gasteiger partial charge in [-0.25, -0.2) is 9.59 Å². The van der Waals surface area contributed by atoms with Crippen LogP contribution in [0.4, 0.5) is 0 Å². The molecule has 0 N–H and O–H groups in total. The molecular formula is C21H25N5O4. The van der Waals surface area contributed by atoms with E-state index in [0.717, 1.165) is 22.8 Å². The summed E-state index contributed by atoms with van der Waals surface area (Å²) >= 11 is 0. The fraction of sp³-hybridized carbons (Fsp3) is 0.381. The smallest absolute Gasteiger partial charge is 0.358 e. The SMILES string of the molecule is CCOC(=O)c1cc(C)n(Cc2cccc(Cn3nc(C(=O)OCC)cc3C)n2)n1. The average molecular weight is 411 g/mol. The first kappa shape index (κ1) is 21.2. The van der Waals surface area contributed by atoms with E-state index in [1.54, 1.807) is 35.3 Å². The molecule has 0 aliphatic carbocycles. The molecule has 9 heteroatoms. The summed E-state index contributed by atoms with van der Waals surface area (Å²) in [6.07, 6.45) is 0. The van der Waals surface area contributed by atoms with Gasteiger partial charge in [-0.3, -0.25) is 14.3 Å². The molecule has 3 aromatic rings. The Morgan fingerprint density at radius 3 is 1.67 bits per heavy atom. The second-order valence-electron chi connectivity index (χ2n) is 6.72. The minimum absolute atomic E-state index is 0.282. The van der Waals surface area contributed by atoms with E-state index in [-0.39, 0.29) is 11.4 Å². The van der Waals surface area contributed by atoms with Gasteiger partial charge in [-0.15, -0.1) is 0 Å². The molecule has 3 heterocycles. The van der Waals surface area contributed by atoms with Gasteiger partial charge in [-0.05, 0) is 52.0 Å². The van der Waals surface area contributed by atoms with Gasteiger partial charge in [0.25, 0.3) is 0 Å². The highest BCUT2D eigenvalue weighted by atomic mass is 16.5. The fourth-order valence-corrected chi connectivity index (χ4v) is 2.96. The molecule has 0 atom stereocenters. The number of ether oxygens (including phenoxy) is 2. The maximum Gasteiger partial charge on any atom is 0.358 e. The lowest BCUT2D eigenvalue weighted by Gasteiger charge is -2.08. The number of carbonyl (C=O) groups is 2. The number of rotatable bonds is 8. The van der Waals surface area contributed by atoms with Gasteiger partial charge in [0.2, 0.25) is 0 Å². The zero-order valence-electron chi connectivity index (χ0n) is 17.6. The van der Waals surface area contributed by atoms with Crippen molar-refractivity contribution in [3.05, 3.63) is 64.5 Å². The second kappa shape index (κ2) is 9.34. The van der Waals surface area contributed by atoms with Crippen LogP contribution in [0.3, 0.4) is 0 Å². The zero-order valence-corrected chi connectivity index (χ0v) is 17.6. The molecule has 158 valence electrons. The van der Waals surface area contributed by atoms with Gasteiger partial charge < -0.3 is 9.47 Å². The molecule has 0 aliphatic heterocycles. The largest absolute Gasteiger partial charge is 0.461 e. The summed E-state index contributed by atoms with van der Waals surface area (Å²) in [5.41, 5.74) is 3.84. The molecule has 30 heavy (non-hydrogen) atoms. The van der Waals surface area contributed by atoms with Gasteiger partial charge in [0.05, 0.1) is 37.7 Å². The molecule has 0 spiro atoms. The van der Waals surface area contributed by atoms with Crippen LogP contribution in [0.2, 0.25) is 0 Å². The molecule has 0 bridgehead atoms. The number of esters is 2. The van der Waals surface area contributed by atoms with Crippen molar-refractivity contribution in [2.24, 2.45) is 0 Å². The summed E-state index contributed by atoms with van der Waals surface area (Å²) in [6.45, 7) is 8.73. The molecule has 0 amide bonds. The van der Waals surface area contributed by atoms with Crippen molar-refractivity contribution < 1.29 is 19.1 Å². The highest BCUT2D eigenvalue weighted by molar-refractivity contribution is 5.87. The summed E-state index contributed by atoms with van der Waals surface area (Å²) in [5, 5.41) is 8.65. The standard InChI is InChI=1S/C21H25N5O4/c1-5-29-20(27)18-10-14(3)25(23-18)12-16-8-7-9-17(22-16)13-26-15(4)11-19(24-26)21(28)30-6-2/h7-11H,5-6,12-13H2,1-4H3. The Morgan fingerprint density at radius 2 is 1.27 bits per heavy atom. The van der Waals surface area contributed by atoms with Crippen molar-refractivity contribution in [2.45, 2.75) is 40.8 Å². The van der Waals surface area contributed by atoms with Gasteiger partial charge in [0.1, 0.15) is 0 Å². The molecule has 3 rings (SSSR count). The molecule has 0 saturated heterocycles. The number of nitrogens with zero attached hydrogens (tertiary/aromatic N) is 5. The zero-order chi connectivity index (χ0) is 21.7. The van der Waals surface area contributed by atoms with Crippen molar-refractivity contribution in [1.82, 2.24) is 24.5 Å². The maximum absolute atomic E-state index is 11.9. The Hall–Kier alpha value is -3.49. The second-order valence-corrected chi connectivity index (χ2v) is 6.72. The van der Waals surface area contributed by atoms with Crippen LogP contribution in [-0.4, -0.2) is 49.7 Å². The Morgan fingerprint density at radius 1 is 0.833 bits per heavy atom. The number of aryl methyl sites for hydroxylation is 2. The van der Waals surface area contributed by atoms with E-state index in [1.807, 2.05) is 32.0 Å². The lowest BCUT2D eigenvalue weighted by molar-refractivity contribution is 0.0509. The molecule has 9 nitrogen and oxygen atoms in total. The molecular weight excluding hydrogens is 386 g/mol. The third kappa shape index (κ3) is 4.91.